The van der Waals surface area contributed by atoms with Gasteiger partial charge in [-0.05, 0) is 55.2 Å². The van der Waals surface area contributed by atoms with Gasteiger partial charge in [-0.2, -0.15) is 4.72 Å². The number of benzene rings is 3. The molecule has 1 N–H and O–H groups in total. The van der Waals surface area contributed by atoms with Crippen molar-refractivity contribution in [3.63, 3.8) is 0 Å². The number of sulfonamides is 1. The summed E-state index contributed by atoms with van der Waals surface area (Å²) in [5.41, 5.74) is 3.16. The predicted octanol–water partition coefficient (Wildman–Crippen LogP) is 4.41. The first-order chi connectivity index (χ1) is 13.5. The molecule has 2 atom stereocenters. The van der Waals surface area contributed by atoms with E-state index in [9.17, 15) is 8.42 Å². The fraction of sp³-hybridized carbons (Fsp3) is 0.217. The minimum absolute atomic E-state index is 0.264. The van der Waals surface area contributed by atoms with Crippen molar-refractivity contribution in [1.29, 1.82) is 0 Å². The molecule has 1 aliphatic carbocycles. The van der Waals surface area contributed by atoms with Gasteiger partial charge in [0.1, 0.15) is 11.9 Å². The van der Waals surface area contributed by atoms with Crippen LogP contribution in [0.15, 0.2) is 83.8 Å². The van der Waals surface area contributed by atoms with Crippen molar-refractivity contribution in [1.82, 2.24) is 4.72 Å². The van der Waals surface area contributed by atoms with E-state index >= 15 is 0 Å². The Bertz CT molecular complexity index is 1050. The molecule has 0 fully saturated rings. The third-order valence-electron chi connectivity index (χ3n) is 5.10. The third kappa shape index (κ3) is 3.96. The third-order valence-corrected chi connectivity index (χ3v) is 6.56. The highest BCUT2D eigenvalue weighted by Crippen LogP contribution is 2.34. The molecule has 0 heterocycles. The lowest BCUT2D eigenvalue weighted by Gasteiger charge is -2.34. The zero-order valence-electron chi connectivity index (χ0n) is 15.7. The lowest BCUT2D eigenvalue weighted by Crippen LogP contribution is -2.42. The Morgan fingerprint density at radius 1 is 0.893 bits per heavy atom. The second kappa shape index (κ2) is 7.78. The second-order valence-electron chi connectivity index (χ2n) is 7.12. The van der Waals surface area contributed by atoms with Crippen LogP contribution in [0, 0.1) is 6.92 Å². The Balaban J connectivity index is 1.67. The summed E-state index contributed by atoms with van der Waals surface area (Å²) in [4.78, 5) is 0.264. The van der Waals surface area contributed by atoms with Crippen LogP contribution < -0.4 is 9.46 Å². The molecule has 5 heteroatoms. The maximum absolute atomic E-state index is 13.1. The van der Waals surface area contributed by atoms with E-state index in [2.05, 4.69) is 10.8 Å². The van der Waals surface area contributed by atoms with Crippen molar-refractivity contribution in [2.45, 2.75) is 36.8 Å². The average Bonchev–Trinajstić information content (AvgIpc) is 2.71. The summed E-state index contributed by atoms with van der Waals surface area (Å²) in [5.74, 6) is 0.742. The topological polar surface area (TPSA) is 55.4 Å². The molecule has 28 heavy (non-hydrogen) atoms. The Morgan fingerprint density at radius 3 is 2.32 bits per heavy atom. The van der Waals surface area contributed by atoms with E-state index in [1.165, 1.54) is 0 Å². The molecule has 3 aromatic carbocycles. The number of hydrogen-bond donors (Lipinski definition) is 1. The molecule has 0 spiro atoms. The molecular weight excluding hydrogens is 370 g/mol. The maximum atomic E-state index is 13.1. The lowest BCUT2D eigenvalue weighted by atomic mass is 9.86. The molecule has 0 aromatic heterocycles. The summed E-state index contributed by atoms with van der Waals surface area (Å²) in [6.07, 6.45) is 1.32. The molecule has 3 aromatic rings. The number of hydrogen-bond acceptors (Lipinski definition) is 3. The lowest BCUT2D eigenvalue weighted by molar-refractivity contribution is 0.146. The van der Waals surface area contributed by atoms with E-state index in [0.717, 1.165) is 35.3 Å². The molecule has 0 bridgehead atoms. The monoisotopic (exact) mass is 393 g/mol. The van der Waals surface area contributed by atoms with E-state index in [4.69, 9.17) is 4.74 Å². The number of aryl methyl sites for hydroxylation is 2. The van der Waals surface area contributed by atoms with E-state index in [0.29, 0.717) is 0 Å². The highest BCUT2D eigenvalue weighted by molar-refractivity contribution is 7.89. The van der Waals surface area contributed by atoms with Crippen LogP contribution in [0.3, 0.4) is 0 Å². The molecule has 0 aliphatic heterocycles. The van der Waals surface area contributed by atoms with Gasteiger partial charge in [-0.1, -0.05) is 60.2 Å². The molecular formula is C23H23NO3S. The van der Waals surface area contributed by atoms with Gasteiger partial charge in [-0.25, -0.2) is 8.42 Å². The van der Waals surface area contributed by atoms with E-state index in [-0.39, 0.29) is 11.0 Å². The standard InChI is InChI=1S/C23H23NO3S/c1-17-11-14-20(15-12-17)28(25,26)24-23-21-10-6-5-7-18(21)13-16-22(23)27-19-8-3-2-4-9-19/h2-12,14-15,22-24H,13,16H2,1H3/t22-,23+/m0/s1. The van der Waals surface area contributed by atoms with Gasteiger partial charge in [0.2, 0.25) is 10.0 Å². The van der Waals surface area contributed by atoms with Crippen LogP contribution >= 0.6 is 0 Å². The molecule has 0 unspecified atom stereocenters. The van der Waals surface area contributed by atoms with Crippen LogP contribution in [0.4, 0.5) is 0 Å². The zero-order valence-corrected chi connectivity index (χ0v) is 16.5. The minimum Gasteiger partial charge on any atom is -0.488 e. The number of fused-ring (bicyclic) bond motifs is 1. The highest BCUT2D eigenvalue weighted by atomic mass is 32.2. The van der Waals surface area contributed by atoms with Gasteiger partial charge in [-0.15, -0.1) is 0 Å². The average molecular weight is 394 g/mol. The molecule has 4 rings (SSSR count). The van der Waals surface area contributed by atoms with Crippen molar-refractivity contribution >= 4 is 10.0 Å². The van der Waals surface area contributed by atoms with Crippen molar-refractivity contribution in [3.8, 4) is 5.75 Å². The number of ether oxygens (including phenoxy) is 1. The second-order valence-corrected chi connectivity index (χ2v) is 8.83. The highest BCUT2D eigenvalue weighted by Gasteiger charge is 2.34. The molecule has 0 saturated carbocycles. The van der Waals surface area contributed by atoms with Crippen LogP contribution in [0.5, 0.6) is 5.75 Å². The summed E-state index contributed by atoms with van der Waals surface area (Å²) in [6.45, 7) is 1.94. The summed E-state index contributed by atoms with van der Waals surface area (Å²) in [5, 5.41) is 0. The van der Waals surface area contributed by atoms with Crippen LogP contribution in [-0.4, -0.2) is 14.5 Å². The Morgan fingerprint density at radius 2 is 1.57 bits per heavy atom. The van der Waals surface area contributed by atoms with E-state index < -0.39 is 16.1 Å². The van der Waals surface area contributed by atoms with Gasteiger partial charge in [-0.3, -0.25) is 0 Å². The Labute approximate surface area is 166 Å². The van der Waals surface area contributed by atoms with Crippen molar-refractivity contribution in [2.75, 3.05) is 0 Å². The molecule has 1 aliphatic rings. The molecule has 0 amide bonds. The molecule has 0 radical (unpaired) electrons. The van der Waals surface area contributed by atoms with Crippen molar-refractivity contribution in [3.05, 3.63) is 95.6 Å². The first-order valence-electron chi connectivity index (χ1n) is 9.41. The summed E-state index contributed by atoms with van der Waals surface area (Å²) < 4.78 is 35.2. The van der Waals surface area contributed by atoms with Crippen LogP contribution in [0.2, 0.25) is 0 Å². The van der Waals surface area contributed by atoms with Crippen molar-refractivity contribution in [2.24, 2.45) is 0 Å². The Kier molecular flexibility index (Phi) is 5.20. The van der Waals surface area contributed by atoms with Gasteiger partial charge in [0.15, 0.2) is 0 Å². The zero-order chi connectivity index (χ0) is 19.6. The SMILES string of the molecule is Cc1ccc(S(=O)(=O)N[C@@H]2c3ccccc3CC[C@@H]2Oc2ccccc2)cc1. The summed E-state index contributed by atoms with van der Waals surface area (Å²) in [7, 11) is -3.67. The predicted molar refractivity (Wildman–Crippen MR) is 110 cm³/mol. The molecule has 144 valence electrons. The van der Waals surface area contributed by atoms with Crippen molar-refractivity contribution < 1.29 is 13.2 Å². The maximum Gasteiger partial charge on any atom is 0.241 e. The van der Waals surface area contributed by atoms with E-state index in [1.807, 2.05) is 55.5 Å². The number of para-hydroxylation sites is 1. The minimum atomic E-state index is -3.67. The fourth-order valence-electron chi connectivity index (χ4n) is 3.62. The van der Waals surface area contributed by atoms with Gasteiger partial charge in [0.25, 0.3) is 0 Å². The van der Waals surface area contributed by atoms with Gasteiger partial charge in [0.05, 0.1) is 10.9 Å². The van der Waals surface area contributed by atoms with E-state index in [1.54, 1.807) is 24.3 Å². The quantitative estimate of drug-likeness (QED) is 0.699. The summed E-state index contributed by atoms with van der Waals surface area (Å²) >= 11 is 0. The first-order valence-corrected chi connectivity index (χ1v) is 10.9. The Hall–Kier alpha value is -2.63. The normalized spacial score (nSPS) is 19.0. The summed E-state index contributed by atoms with van der Waals surface area (Å²) in [6, 6.07) is 24.0. The molecule has 4 nitrogen and oxygen atoms in total. The van der Waals surface area contributed by atoms with Gasteiger partial charge >= 0.3 is 0 Å². The first kappa shape index (κ1) is 18.7. The fourth-order valence-corrected chi connectivity index (χ4v) is 4.87. The van der Waals surface area contributed by atoms with Crippen LogP contribution in [0.1, 0.15) is 29.2 Å². The smallest absolute Gasteiger partial charge is 0.241 e. The van der Waals surface area contributed by atoms with Gasteiger partial charge < -0.3 is 4.74 Å². The van der Waals surface area contributed by atoms with Gasteiger partial charge in [0, 0.05) is 0 Å². The van der Waals surface area contributed by atoms with Crippen LogP contribution in [-0.2, 0) is 16.4 Å². The number of nitrogens with one attached hydrogen (secondary N) is 1. The molecule has 0 saturated heterocycles. The largest absolute Gasteiger partial charge is 0.488 e. The van der Waals surface area contributed by atoms with Crippen LogP contribution in [0.25, 0.3) is 0 Å². The number of rotatable bonds is 5.